The third-order valence-electron chi connectivity index (χ3n) is 10.4. The van der Waals surface area contributed by atoms with E-state index in [1.807, 2.05) is 6.07 Å². The Kier molecular flexibility index (Phi) is 11.5. The molecule has 0 aromatic heterocycles. The van der Waals surface area contributed by atoms with Gasteiger partial charge in [0.25, 0.3) is 0 Å². The van der Waals surface area contributed by atoms with E-state index in [9.17, 15) is 14.7 Å². The number of piperidine rings is 2. The number of phenols is 1. The van der Waals surface area contributed by atoms with Crippen LogP contribution in [0.2, 0.25) is 0 Å². The Bertz CT molecular complexity index is 1420. The molecule has 2 saturated heterocycles. The smallest absolute Gasteiger partial charge is 0.161 e. The van der Waals surface area contributed by atoms with Gasteiger partial charge >= 0.3 is 0 Å². The van der Waals surface area contributed by atoms with E-state index in [0.717, 1.165) is 80.9 Å². The number of carbonyl (C=O) groups excluding carboxylic acids is 2. The van der Waals surface area contributed by atoms with Crippen molar-refractivity contribution in [1.82, 2.24) is 9.80 Å². The molecular formula is C39H56N2O6. The summed E-state index contributed by atoms with van der Waals surface area (Å²) in [5, 5.41) is 9.95. The van der Waals surface area contributed by atoms with Crippen LogP contribution in [0.5, 0.6) is 23.0 Å². The van der Waals surface area contributed by atoms with E-state index >= 15 is 0 Å². The highest BCUT2D eigenvalue weighted by atomic mass is 16.5. The second kappa shape index (κ2) is 15.4. The van der Waals surface area contributed by atoms with Gasteiger partial charge in [0.05, 0.1) is 20.8 Å². The van der Waals surface area contributed by atoms with Crippen LogP contribution in [-0.4, -0.2) is 73.5 Å². The van der Waals surface area contributed by atoms with E-state index in [4.69, 9.17) is 14.2 Å². The Morgan fingerprint density at radius 1 is 0.745 bits per heavy atom. The van der Waals surface area contributed by atoms with E-state index in [2.05, 4.69) is 56.6 Å². The van der Waals surface area contributed by atoms with Crippen LogP contribution >= 0.6 is 0 Å². The third kappa shape index (κ3) is 7.97. The van der Waals surface area contributed by atoms with Gasteiger partial charge in [0.2, 0.25) is 0 Å². The summed E-state index contributed by atoms with van der Waals surface area (Å²) in [6.45, 7) is 15.3. The zero-order valence-corrected chi connectivity index (χ0v) is 29.6. The molecule has 4 atom stereocenters. The van der Waals surface area contributed by atoms with Crippen molar-refractivity contribution < 1.29 is 28.9 Å². The second-order valence-electron chi connectivity index (χ2n) is 14.8. The SMILES string of the molecule is CCCOc1cc2c(cc1OC)C1CC(=O)C(CC(C)C)CN1CC2.COc1cc2c(cc1O)CCN1CC(CC(C)C)C(=O)CC21. The van der Waals surface area contributed by atoms with Gasteiger partial charge in [-0.15, -0.1) is 0 Å². The summed E-state index contributed by atoms with van der Waals surface area (Å²) in [5.74, 6) is 4.61. The van der Waals surface area contributed by atoms with Crippen molar-refractivity contribution in [2.75, 3.05) is 47.0 Å². The first-order valence-electron chi connectivity index (χ1n) is 17.8. The minimum absolute atomic E-state index is 0.147. The van der Waals surface area contributed by atoms with E-state index in [1.54, 1.807) is 20.3 Å². The van der Waals surface area contributed by atoms with Crippen LogP contribution in [0.4, 0.5) is 0 Å². The van der Waals surface area contributed by atoms with Gasteiger partial charge in [-0.05, 0) is 90.5 Å². The molecule has 0 spiro atoms. The number of fused-ring (bicyclic) bond motifs is 6. The first-order chi connectivity index (χ1) is 22.5. The number of phenolic OH excluding ortho intramolecular Hbond substituents is 1. The Labute approximate surface area is 281 Å². The lowest BCUT2D eigenvalue weighted by atomic mass is 9.80. The molecule has 47 heavy (non-hydrogen) atoms. The summed E-state index contributed by atoms with van der Waals surface area (Å²) < 4.78 is 16.7. The fourth-order valence-corrected chi connectivity index (χ4v) is 8.13. The van der Waals surface area contributed by atoms with Gasteiger partial charge in [0.15, 0.2) is 23.0 Å². The summed E-state index contributed by atoms with van der Waals surface area (Å²) in [6.07, 6.45) is 6.10. The van der Waals surface area contributed by atoms with Gasteiger partial charge in [-0.25, -0.2) is 0 Å². The van der Waals surface area contributed by atoms with E-state index < -0.39 is 0 Å². The van der Waals surface area contributed by atoms with Crippen LogP contribution in [0.3, 0.4) is 0 Å². The lowest BCUT2D eigenvalue weighted by Gasteiger charge is -2.43. The maximum atomic E-state index is 12.7. The van der Waals surface area contributed by atoms with Crippen LogP contribution in [0.25, 0.3) is 0 Å². The summed E-state index contributed by atoms with van der Waals surface area (Å²) >= 11 is 0. The molecule has 8 nitrogen and oxygen atoms in total. The topological polar surface area (TPSA) is 88.5 Å². The van der Waals surface area contributed by atoms with Crippen LogP contribution < -0.4 is 14.2 Å². The number of benzene rings is 2. The van der Waals surface area contributed by atoms with Crippen LogP contribution in [-0.2, 0) is 22.4 Å². The number of ketones is 2. The van der Waals surface area contributed by atoms with Crippen molar-refractivity contribution in [2.45, 2.75) is 91.6 Å². The Morgan fingerprint density at radius 2 is 1.23 bits per heavy atom. The minimum Gasteiger partial charge on any atom is -0.504 e. The Hall–Kier alpha value is -3.10. The molecule has 1 N–H and O–H groups in total. The lowest BCUT2D eigenvalue weighted by molar-refractivity contribution is -0.130. The van der Waals surface area contributed by atoms with Gasteiger partial charge in [-0.2, -0.15) is 0 Å². The van der Waals surface area contributed by atoms with Crippen molar-refractivity contribution in [3.63, 3.8) is 0 Å². The van der Waals surface area contributed by atoms with Gasteiger partial charge in [-0.3, -0.25) is 19.4 Å². The zero-order chi connectivity index (χ0) is 33.8. The molecule has 8 heteroatoms. The molecule has 0 amide bonds. The standard InChI is InChI=1S/C21H31NO3.C18H25NO3/c1-5-8-25-21-10-15-6-7-22-13-16(9-14(2)3)19(23)12-18(22)17(15)11-20(21)24-4;1-11(2)6-13-10-19-5-4-12-7-17(21)18(22-3)8-14(12)15(19)9-16(13)20/h10-11,14,16,18H,5-9,12-13H2,1-4H3;7-8,11,13,15,21H,4-6,9-10H2,1-3H3. The molecule has 4 heterocycles. The highest BCUT2D eigenvalue weighted by Gasteiger charge is 2.40. The van der Waals surface area contributed by atoms with E-state index in [1.165, 1.54) is 11.1 Å². The largest absolute Gasteiger partial charge is 0.504 e. The predicted molar refractivity (Wildman–Crippen MR) is 185 cm³/mol. The molecule has 2 aromatic rings. The van der Waals surface area contributed by atoms with E-state index in [-0.39, 0.29) is 29.7 Å². The maximum Gasteiger partial charge on any atom is 0.161 e. The molecule has 0 aliphatic carbocycles. The number of hydrogen-bond donors (Lipinski definition) is 1. The molecule has 6 rings (SSSR count). The average Bonchev–Trinajstić information content (AvgIpc) is 3.03. The van der Waals surface area contributed by atoms with Gasteiger partial charge in [0.1, 0.15) is 11.6 Å². The first-order valence-corrected chi connectivity index (χ1v) is 17.8. The number of ether oxygens (including phenoxy) is 3. The number of hydrogen-bond acceptors (Lipinski definition) is 8. The van der Waals surface area contributed by atoms with Crippen molar-refractivity contribution in [3.8, 4) is 23.0 Å². The quantitative estimate of drug-likeness (QED) is 0.313. The monoisotopic (exact) mass is 648 g/mol. The molecule has 2 fully saturated rings. The number of Topliss-reactive ketones (excluding diaryl/α,β-unsaturated/α-hetero) is 2. The second-order valence-corrected chi connectivity index (χ2v) is 14.8. The summed E-state index contributed by atoms with van der Waals surface area (Å²) in [5.41, 5.74) is 4.86. The third-order valence-corrected chi connectivity index (χ3v) is 10.4. The molecular weight excluding hydrogens is 592 g/mol. The average molecular weight is 649 g/mol. The minimum atomic E-state index is 0.147. The maximum absolute atomic E-state index is 12.7. The summed E-state index contributed by atoms with van der Waals surface area (Å²) in [4.78, 5) is 30.1. The fraction of sp³-hybridized carbons (Fsp3) is 0.641. The number of methoxy groups -OCH3 is 2. The van der Waals surface area contributed by atoms with Crippen molar-refractivity contribution >= 4 is 11.6 Å². The fourth-order valence-electron chi connectivity index (χ4n) is 8.13. The molecule has 4 unspecified atom stereocenters. The summed E-state index contributed by atoms with van der Waals surface area (Å²) in [6, 6.07) is 8.30. The highest BCUT2D eigenvalue weighted by molar-refractivity contribution is 5.83. The molecule has 2 aromatic carbocycles. The van der Waals surface area contributed by atoms with Gasteiger partial charge in [-0.1, -0.05) is 34.6 Å². The first kappa shape index (κ1) is 35.2. The number of aromatic hydroxyl groups is 1. The number of carbonyl (C=O) groups is 2. The van der Waals surface area contributed by atoms with E-state index in [0.29, 0.717) is 48.6 Å². The highest BCUT2D eigenvalue weighted by Crippen LogP contribution is 2.44. The molecule has 0 bridgehead atoms. The Morgan fingerprint density at radius 3 is 1.70 bits per heavy atom. The van der Waals surface area contributed by atoms with Crippen LogP contribution in [0.1, 0.15) is 101 Å². The summed E-state index contributed by atoms with van der Waals surface area (Å²) in [7, 11) is 3.25. The van der Waals surface area contributed by atoms with Crippen LogP contribution in [0.15, 0.2) is 24.3 Å². The van der Waals surface area contributed by atoms with Gasteiger partial charge in [0, 0.05) is 62.9 Å². The van der Waals surface area contributed by atoms with Crippen molar-refractivity contribution in [3.05, 3.63) is 46.5 Å². The van der Waals surface area contributed by atoms with Crippen molar-refractivity contribution in [2.24, 2.45) is 23.7 Å². The molecule has 4 aliphatic rings. The number of nitrogens with zero attached hydrogens (tertiary/aromatic N) is 2. The Balaban J connectivity index is 0.000000186. The predicted octanol–water partition coefficient (Wildman–Crippen LogP) is 6.95. The van der Waals surface area contributed by atoms with Crippen LogP contribution in [0, 0.1) is 23.7 Å². The molecule has 0 radical (unpaired) electrons. The zero-order valence-electron chi connectivity index (χ0n) is 29.6. The lowest BCUT2D eigenvalue weighted by Crippen LogP contribution is -2.46. The van der Waals surface area contributed by atoms with Crippen molar-refractivity contribution in [1.29, 1.82) is 0 Å². The normalized spacial score (nSPS) is 24.1. The number of rotatable bonds is 9. The van der Waals surface area contributed by atoms with Gasteiger partial charge < -0.3 is 19.3 Å². The molecule has 4 aliphatic heterocycles. The molecule has 0 saturated carbocycles. The molecule has 258 valence electrons.